The number of methoxy groups -OCH3 is 1. The third-order valence-electron chi connectivity index (χ3n) is 4.85. The highest BCUT2D eigenvalue weighted by Gasteiger charge is 2.26. The molecule has 3 heterocycles. The van der Waals surface area contributed by atoms with Crippen LogP contribution >= 0.6 is 0 Å². The summed E-state index contributed by atoms with van der Waals surface area (Å²) in [4.78, 5) is 11.1. The fraction of sp³-hybridized carbons (Fsp3) is 0.300. The zero-order chi connectivity index (χ0) is 20.2. The Morgan fingerprint density at radius 2 is 2.17 bits per heavy atom. The molecule has 4 rings (SSSR count). The molecule has 1 aliphatic rings. The Labute approximate surface area is 169 Å². The molecular formula is C20H24N8O. The molecule has 1 aliphatic heterocycles. The first-order valence-electron chi connectivity index (χ1n) is 9.38. The molecule has 0 amide bonds. The van der Waals surface area contributed by atoms with Gasteiger partial charge in [-0.15, -0.1) is 0 Å². The molecule has 0 radical (unpaired) electrons. The van der Waals surface area contributed by atoms with Crippen LogP contribution in [0.2, 0.25) is 0 Å². The monoisotopic (exact) mass is 392 g/mol. The molecule has 0 unspecified atom stereocenters. The first-order valence-corrected chi connectivity index (χ1v) is 9.38. The maximum Gasteiger partial charge on any atom is 0.229 e. The quantitative estimate of drug-likeness (QED) is 0.506. The van der Waals surface area contributed by atoms with Gasteiger partial charge in [0.2, 0.25) is 5.95 Å². The van der Waals surface area contributed by atoms with Gasteiger partial charge in [-0.05, 0) is 17.7 Å². The Morgan fingerprint density at radius 3 is 2.90 bits per heavy atom. The molecule has 3 N–H and O–H groups in total. The molecular weight excluding hydrogens is 368 g/mol. The van der Waals surface area contributed by atoms with Crippen molar-refractivity contribution in [3.8, 4) is 0 Å². The van der Waals surface area contributed by atoms with Crippen LogP contribution in [0.1, 0.15) is 11.1 Å². The van der Waals surface area contributed by atoms with Crippen molar-refractivity contribution in [1.82, 2.24) is 19.7 Å². The third kappa shape index (κ3) is 4.35. The number of nitrogens with one attached hydrogen (secondary N) is 3. The summed E-state index contributed by atoms with van der Waals surface area (Å²) in [7, 11) is 3.60. The van der Waals surface area contributed by atoms with Crippen molar-refractivity contribution in [2.75, 3.05) is 35.7 Å². The van der Waals surface area contributed by atoms with Crippen molar-refractivity contribution in [1.29, 1.82) is 5.41 Å². The number of benzene rings is 1. The smallest absolute Gasteiger partial charge is 0.229 e. The number of hydrogen-bond acceptors (Lipinski definition) is 8. The minimum atomic E-state index is 0.318. The Bertz CT molecular complexity index is 996. The summed E-state index contributed by atoms with van der Waals surface area (Å²) in [5.41, 5.74) is 3.76. The van der Waals surface area contributed by atoms with E-state index in [1.807, 2.05) is 13.2 Å². The lowest BCUT2D eigenvalue weighted by molar-refractivity contribution is 0.0787. The molecule has 2 aromatic heterocycles. The van der Waals surface area contributed by atoms with Gasteiger partial charge in [0.1, 0.15) is 5.82 Å². The van der Waals surface area contributed by atoms with E-state index in [1.165, 1.54) is 11.9 Å². The minimum absolute atomic E-state index is 0.318. The van der Waals surface area contributed by atoms with Crippen LogP contribution in [0.15, 0.2) is 42.9 Å². The highest BCUT2D eigenvalue weighted by atomic mass is 16.5. The summed E-state index contributed by atoms with van der Waals surface area (Å²) in [6.07, 6.45) is 6.74. The van der Waals surface area contributed by atoms with Gasteiger partial charge in [0.15, 0.2) is 0 Å². The van der Waals surface area contributed by atoms with Gasteiger partial charge < -0.3 is 25.7 Å². The van der Waals surface area contributed by atoms with E-state index in [-0.39, 0.29) is 0 Å². The lowest BCUT2D eigenvalue weighted by Crippen LogP contribution is -2.51. The lowest BCUT2D eigenvalue weighted by Gasteiger charge is -2.40. The van der Waals surface area contributed by atoms with Crippen molar-refractivity contribution in [3.05, 3.63) is 54.0 Å². The molecule has 9 heteroatoms. The third-order valence-corrected chi connectivity index (χ3v) is 4.85. The zero-order valence-corrected chi connectivity index (χ0v) is 16.5. The molecule has 29 heavy (non-hydrogen) atoms. The molecule has 150 valence electrons. The molecule has 1 saturated heterocycles. The van der Waals surface area contributed by atoms with Gasteiger partial charge in [-0.3, -0.25) is 4.68 Å². The van der Waals surface area contributed by atoms with Crippen LogP contribution in [0.3, 0.4) is 0 Å². The van der Waals surface area contributed by atoms with Crippen molar-refractivity contribution >= 4 is 29.4 Å². The SMILES string of the molecule is COC1CN(c2cccc(CNc3nc(Nc4cnn(C)c4)ncc3C=N)c2)C1. The average molecular weight is 392 g/mol. The number of hydrogen-bond donors (Lipinski definition) is 3. The lowest BCUT2D eigenvalue weighted by atomic mass is 10.1. The van der Waals surface area contributed by atoms with Gasteiger partial charge in [0, 0.05) is 58.1 Å². The molecule has 9 nitrogen and oxygen atoms in total. The van der Waals surface area contributed by atoms with E-state index in [2.05, 4.69) is 54.9 Å². The fourth-order valence-corrected chi connectivity index (χ4v) is 3.16. The molecule has 0 atom stereocenters. The Morgan fingerprint density at radius 1 is 1.31 bits per heavy atom. The number of nitrogens with zero attached hydrogens (tertiary/aromatic N) is 5. The molecule has 3 aromatic rings. The van der Waals surface area contributed by atoms with Gasteiger partial charge in [0.05, 0.1) is 23.6 Å². The average Bonchev–Trinajstić information content (AvgIpc) is 3.11. The first-order chi connectivity index (χ1) is 14.1. The van der Waals surface area contributed by atoms with Crippen LogP contribution < -0.4 is 15.5 Å². The van der Waals surface area contributed by atoms with Crippen molar-refractivity contribution in [3.63, 3.8) is 0 Å². The minimum Gasteiger partial charge on any atom is -0.378 e. The molecule has 1 fully saturated rings. The molecule has 0 saturated carbocycles. The van der Waals surface area contributed by atoms with Crippen LogP contribution in [0.4, 0.5) is 23.1 Å². The Hall–Kier alpha value is -3.46. The summed E-state index contributed by atoms with van der Waals surface area (Å²) in [5, 5.41) is 18.2. The van der Waals surface area contributed by atoms with Crippen LogP contribution in [0.25, 0.3) is 0 Å². The largest absolute Gasteiger partial charge is 0.378 e. The van der Waals surface area contributed by atoms with Crippen molar-refractivity contribution in [2.45, 2.75) is 12.6 Å². The van der Waals surface area contributed by atoms with Crippen LogP contribution in [-0.4, -0.2) is 52.3 Å². The fourth-order valence-electron chi connectivity index (χ4n) is 3.16. The predicted molar refractivity (Wildman–Crippen MR) is 113 cm³/mol. The number of aryl methyl sites for hydroxylation is 1. The number of aromatic nitrogens is 4. The molecule has 1 aromatic carbocycles. The van der Waals surface area contributed by atoms with E-state index in [0.29, 0.717) is 30.0 Å². The normalized spacial score (nSPS) is 13.8. The highest BCUT2D eigenvalue weighted by molar-refractivity contribution is 5.84. The van der Waals surface area contributed by atoms with E-state index >= 15 is 0 Å². The number of anilines is 4. The zero-order valence-electron chi connectivity index (χ0n) is 16.5. The highest BCUT2D eigenvalue weighted by Crippen LogP contribution is 2.24. The van der Waals surface area contributed by atoms with Gasteiger partial charge >= 0.3 is 0 Å². The van der Waals surface area contributed by atoms with Gasteiger partial charge in [0.25, 0.3) is 0 Å². The second-order valence-corrected chi connectivity index (χ2v) is 6.96. The van der Waals surface area contributed by atoms with E-state index in [0.717, 1.165) is 24.3 Å². The number of ether oxygens (including phenoxy) is 1. The summed E-state index contributed by atoms with van der Waals surface area (Å²) in [6, 6.07) is 8.40. The maximum atomic E-state index is 7.63. The van der Waals surface area contributed by atoms with E-state index in [9.17, 15) is 0 Å². The van der Waals surface area contributed by atoms with Crippen LogP contribution in [0, 0.1) is 5.41 Å². The van der Waals surface area contributed by atoms with E-state index < -0.39 is 0 Å². The standard InChI is InChI=1S/C20H24N8O/c1-27-11-16(10-24-27)25-20-23-9-15(7-21)19(26-20)22-8-14-4-3-5-17(6-14)28-12-18(13-28)29-2/h3-7,9-11,18,21H,8,12-13H2,1-2H3,(H2,22,23,25,26). The van der Waals surface area contributed by atoms with Crippen molar-refractivity contribution in [2.24, 2.45) is 7.05 Å². The summed E-state index contributed by atoms with van der Waals surface area (Å²) >= 11 is 0. The Kier molecular flexibility index (Phi) is 5.39. The Balaban J connectivity index is 1.44. The van der Waals surface area contributed by atoms with Crippen LogP contribution in [0.5, 0.6) is 0 Å². The van der Waals surface area contributed by atoms with Gasteiger partial charge in [-0.2, -0.15) is 10.1 Å². The topological polar surface area (TPSA) is 104 Å². The summed E-state index contributed by atoms with van der Waals surface area (Å²) in [6.45, 7) is 2.43. The van der Waals surface area contributed by atoms with E-state index in [1.54, 1.807) is 24.2 Å². The number of rotatable bonds is 8. The van der Waals surface area contributed by atoms with E-state index in [4.69, 9.17) is 10.1 Å². The molecule has 0 spiro atoms. The first kappa shape index (κ1) is 18.9. The second kappa shape index (κ2) is 8.27. The van der Waals surface area contributed by atoms with Crippen molar-refractivity contribution < 1.29 is 4.74 Å². The summed E-state index contributed by atoms with van der Waals surface area (Å²) in [5.74, 6) is 1.06. The van der Waals surface area contributed by atoms with Crippen LogP contribution in [-0.2, 0) is 18.3 Å². The van der Waals surface area contributed by atoms with Gasteiger partial charge in [-0.1, -0.05) is 12.1 Å². The molecule has 0 bridgehead atoms. The van der Waals surface area contributed by atoms with Gasteiger partial charge in [-0.25, -0.2) is 4.98 Å². The second-order valence-electron chi connectivity index (χ2n) is 6.96. The summed E-state index contributed by atoms with van der Waals surface area (Å²) < 4.78 is 7.06. The molecule has 0 aliphatic carbocycles. The maximum absolute atomic E-state index is 7.63. The predicted octanol–water partition coefficient (Wildman–Crippen LogP) is 2.40.